The number of ether oxygens (including phenoxy) is 3. The minimum absolute atomic E-state index is 0.203. The third kappa shape index (κ3) is 3.38. The van der Waals surface area contributed by atoms with Crippen molar-refractivity contribution >= 4 is 17.3 Å². The largest absolute Gasteiger partial charge is 0.476 e. The highest BCUT2D eigenvalue weighted by atomic mass is 16.7. The Morgan fingerprint density at radius 1 is 1.12 bits per heavy atom. The Morgan fingerprint density at radius 2 is 1.85 bits per heavy atom. The summed E-state index contributed by atoms with van der Waals surface area (Å²) in [7, 11) is 0. The highest BCUT2D eigenvalue weighted by Gasteiger charge is 2.45. The van der Waals surface area contributed by atoms with E-state index in [0.29, 0.717) is 18.0 Å². The Morgan fingerprint density at radius 3 is 2.58 bits per heavy atom. The van der Waals surface area contributed by atoms with E-state index in [1.54, 1.807) is 0 Å². The molecule has 2 aliphatic rings. The van der Waals surface area contributed by atoms with Crippen LogP contribution in [0.4, 0.5) is 11.4 Å². The molecule has 2 aromatic carbocycles. The van der Waals surface area contributed by atoms with Crippen LogP contribution >= 0.6 is 0 Å². The fourth-order valence-corrected chi connectivity index (χ4v) is 3.29. The van der Waals surface area contributed by atoms with E-state index in [-0.39, 0.29) is 12.0 Å². The number of hydrogen-bond donors (Lipinski definition) is 2. The van der Waals surface area contributed by atoms with Gasteiger partial charge < -0.3 is 24.8 Å². The van der Waals surface area contributed by atoms with Crippen LogP contribution in [0.1, 0.15) is 13.8 Å². The summed E-state index contributed by atoms with van der Waals surface area (Å²) in [5.41, 5.74) is 1.57. The van der Waals surface area contributed by atoms with E-state index in [1.807, 2.05) is 68.4 Å². The molecular weight excluding hydrogens is 332 g/mol. The Hall–Kier alpha value is -2.57. The molecule has 0 radical (unpaired) electrons. The fraction of sp³-hybridized carbons (Fsp3) is 0.350. The number of carbonyl (C=O) groups excluding carboxylic acids is 1. The molecule has 0 aromatic heterocycles. The van der Waals surface area contributed by atoms with Crippen LogP contribution in [0, 0.1) is 0 Å². The van der Waals surface area contributed by atoms with Crippen LogP contribution in [0.5, 0.6) is 5.75 Å². The first-order chi connectivity index (χ1) is 12.5. The van der Waals surface area contributed by atoms with E-state index >= 15 is 0 Å². The Bertz CT molecular complexity index is 793. The Labute approximate surface area is 152 Å². The van der Waals surface area contributed by atoms with Crippen LogP contribution in [-0.2, 0) is 14.3 Å². The quantitative estimate of drug-likeness (QED) is 0.883. The van der Waals surface area contributed by atoms with Crippen molar-refractivity contribution in [3.05, 3.63) is 54.6 Å². The molecule has 0 aliphatic carbocycles. The molecule has 1 amide bonds. The summed E-state index contributed by atoms with van der Waals surface area (Å²) in [5, 5.41) is 6.32. The monoisotopic (exact) mass is 354 g/mol. The minimum atomic E-state index is -0.743. The molecule has 4 rings (SSSR count). The maximum atomic E-state index is 12.7. The number of para-hydroxylation sites is 3. The lowest BCUT2D eigenvalue weighted by Gasteiger charge is -2.35. The number of carbonyl (C=O) groups is 1. The summed E-state index contributed by atoms with van der Waals surface area (Å²) in [5.74, 6) is -0.245. The molecule has 2 aromatic rings. The second-order valence-electron chi connectivity index (χ2n) is 6.93. The zero-order valence-corrected chi connectivity index (χ0v) is 14.8. The first-order valence-corrected chi connectivity index (χ1v) is 8.72. The number of rotatable bonds is 4. The molecule has 26 heavy (non-hydrogen) atoms. The topological polar surface area (TPSA) is 68.8 Å². The van der Waals surface area contributed by atoms with Crippen LogP contribution < -0.4 is 15.4 Å². The Balaban J connectivity index is 1.63. The van der Waals surface area contributed by atoms with Gasteiger partial charge in [-0.3, -0.25) is 4.79 Å². The first-order valence-electron chi connectivity index (χ1n) is 8.72. The van der Waals surface area contributed by atoms with Crippen molar-refractivity contribution in [2.75, 3.05) is 17.2 Å². The van der Waals surface area contributed by atoms with Gasteiger partial charge in [-0.25, -0.2) is 0 Å². The molecule has 0 spiro atoms. The van der Waals surface area contributed by atoms with E-state index in [2.05, 4.69) is 10.6 Å². The average molecular weight is 354 g/mol. The summed E-state index contributed by atoms with van der Waals surface area (Å²) >= 11 is 0. The van der Waals surface area contributed by atoms with Crippen molar-refractivity contribution in [1.82, 2.24) is 0 Å². The molecule has 1 saturated heterocycles. The molecule has 1 fully saturated rings. The molecule has 2 heterocycles. The Kier molecular flexibility index (Phi) is 4.30. The van der Waals surface area contributed by atoms with Gasteiger partial charge in [0.2, 0.25) is 0 Å². The van der Waals surface area contributed by atoms with Gasteiger partial charge in [0.15, 0.2) is 11.9 Å². The summed E-state index contributed by atoms with van der Waals surface area (Å²) in [6.45, 7) is 4.11. The third-order valence-electron chi connectivity index (χ3n) is 4.52. The van der Waals surface area contributed by atoms with E-state index in [4.69, 9.17) is 14.2 Å². The molecule has 0 saturated carbocycles. The minimum Gasteiger partial charge on any atom is -0.476 e. The maximum absolute atomic E-state index is 12.7. The number of benzene rings is 2. The van der Waals surface area contributed by atoms with Crippen LogP contribution in [-0.4, -0.2) is 36.6 Å². The van der Waals surface area contributed by atoms with E-state index < -0.39 is 17.9 Å². The summed E-state index contributed by atoms with van der Waals surface area (Å²) in [4.78, 5) is 12.7. The normalized spacial score (nSPS) is 24.9. The van der Waals surface area contributed by atoms with Gasteiger partial charge in [-0.2, -0.15) is 0 Å². The summed E-state index contributed by atoms with van der Waals surface area (Å²) in [6, 6.07) is 16.7. The van der Waals surface area contributed by atoms with Gasteiger partial charge in [0.05, 0.1) is 12.3 Å². The molecule has 3 atom stereocenters. The molecule has 6 heteroatoms. The van der Waals surface area contributed by atoms with E-state index in [9.17, 15) is 4.79 Å². The highest BCUT2D eigenvalue weighted by molar-refractivity contribution is 5.98. The van der Waals surface area contributed by atoms with Crippen molar-refractivity contribution in [1.29, 1.82) is 0 Å². The van der Waals surface area contributed by atoms with Crippen LogP contribution in [0.25, 0.3) is 0 Å². The van der Waals surface area contributed by atoms with Crippen molar-refractivity contribution in [3.8, 4) is 5.75 Å². The zero-order valence-electron chi connectivity index (χ0n) is 14.8. The molecule has 0 unspecified atom stereocenters. The lowest BCUT2D eigenvalue weighted by Crippen LogP contribution is -2.54. The number of nitrogens with one attached hydrogen (secondary N) is 2. The molecular formula is C20H22N2O4. The van der Waals surface area contributed by atoms with Gasteiger partial charge >= 0.3 is 0 Å². The van der Waals surface area contributed by atoms with Crippen LogP contribution in [0.3, 0.4) is 0 Å². The van der Waals surface area contributed by atoms with Gasteiger partial charge in [0.1, 0.15) is 17.9 Å². The standard InChI is InChI=1S/C20H22N2O4/c1-20(2)24-12-16(26-20)17(21-13-8-4-3-5-9-13)18-19(23)22-14-10-6-7-11-15(14)25-18/h3-11,16-18,21H,12H2,1-2H3,(H,22,23)/t16-,17+,18-/m1/s1. The second-order valence-corrected chi connectivity index (χ2v) is 6.93. The van der Waals surface area contributed by atoms with Crippen LogP contribution in [0.2, 0.25) is 0 Å². The van der Waals surface area contributed by atoms with Crippen LogP contribution in [0.15, 0.2) is 54.6 Å². The predicted molar refractivity (Wildman–Crippen MR) is 98.2 cm³/mol. The molecule has 6 nitrogen and oxygen atoms in total. The van der Waals surface area contributed by atoms with E-state index in [0.717, 1.165) is 5.69 Å². The first kappa shape index (κ1) is 16.9. The zero-order chi connectivity index (χ0) is 18.1. The van der Waals surface area contributed by atoms with Crippen molar-refractivity contribution < 1.29 is 19.0 Å². The molecule has 136 valence electrons. The van der Waals surface area contributed by atoms with Crippen molar-refractivity contribution in [3.63, 3.8) is 0 Å². The number of hydrogen-bond acceptors (Lipinski definition) is 5. The predicted octanol–water partition coefficient (Wildman–Crippen LogP) is 3.02. The second kappa shape index (κ2) is 6.63. The number of amides is 1. The van der Waals surface area contributed by atoms with E-state index in [1.165, 1.54) is 0 Å². The van der Waals surface area contributed by atoms with Gasteiger partial charge in [0, 0.05) is 5.69 Å². The number of anilines is 2. The molecule has 2 N–H and O–H groups in total. The highest BCUT2D eigenvalue weighted by Crippen LogP contribution is 2.33. The average Bonchev–Trinajstić information content (AvgIpc) is 3.00. The smallest absolute Gasteiger partial charge is 0.267 e. The van der Waals surface area contributed by atoms with Crippen molar-refractivity contribution in [2.45, 2.75) is 37.9 Å². The molecule has 2 aliphatic heterocycles. The summed E-state index contributed by atoms with van der Waals surface area (Å²) in [6.07, 6.45) is -1.07. The fourth-order valence-electron chi connectivity index (χ4n) is 3.29. The number of fused-ring (bicyclic) bond motifs is 1. The van der Waals surface area contributed by atoms with Gasteiger partial charge in [-0.15, -0.1) is 0 Å². The lowest BCUT2D eigenvalue weighted by molar-refractivity contribution is -0.145. The lowest BCUT2D eigenvalue weighted by atomic mass is 10.0. The third-order valence-corrected chi connectivity index (χ3v) is 4.52. The summed E-state index contributed by atoms with van der Waals surface area (Å²) < 4.78 is 17.8. The molecule has 0 bridgehead atoms. The SMILES string of the molecule is CC1(C)OC[C@H]([C@H](Nc2ccccc2)[C@H]2Oc3ccccc3NC2=O)O1. The van der Waals surface area contributed by atoms with Gasteiger partial charge in [-0.05, 0) is 38.1 Å². The van der Waals surface area contributed by atoms with Gasteiger partial charge in [-0.1, -0.05) is 30.3 Å². The van der Waals surface area contributed by atoms with Gasteiger partial charge in [0.25, 0.3) is 5.91 Å². The van der Waals surface area contributed by atoms with Crippen molar-refractivity contribution in [2.24, 2.45) is 0 Å². The maximum Gasteiger partial charge on any atom is 0.267 e.